The molecule has 1 heterocycles. The molecule has 34 N–H and O–H groups in total. The number of aromatic nitrogens is 1. The van der Waals surface area contributed by atoms with E-state index in [2.05, 4.69) is 79.4 Å². The predicted octanol–water partition coefficient (Wildman–Crippen LogP) is -10.9. The normalized spacial score (nSPS) is 15.1. The fourth-order valence-corrected chi connectivity index (χ4v) is 15.2. The molecule has 0 bridgehead atoms. The van der Waals surface area contributed by atoms with E-state index in [1.807, 2.05) is 16.0 Å². The van der Waals surface area contributed by atoms with Crippen LogP contribution in [-0.2, 0) is 128 Å². The first-order valence-electron chi connectivity index (χ1n) is 42.8. The number of rotatable bonds is 65. The molecule has 58 heteroatoms. The van der Waals surface area contributed by atoms with Gasteiger partial charge in [-0.3, -0.25) is 110 Å². The molecule has 55 nitrogen and oxygen atoms in total. The van der Waals surface area contributed by atoms with Crippen molar-refractivity contribution in [3.8, 4) is 5.75 Å². The lowest BCUT2D eigenvalue weighted by molar-refractivity contribution is -0.145. The lowest BCUT2D eigenvalue weighted by Crippen LogP contribution is -2.64. The van der Waals surface area contributed by atoms with Crippen molar-refractivity contribution in [1.82, 2.24) is 95.4 Å². The van der Waals surface area contributed by atoms with Crippen LogP contribution >= 0.6 is 35.3 Å². The summed E-state index contributed by atoms with van der Waals surface area (Å²) in [6.45, 7) is 7.11. The molecule has 3 aromatic rings. The van der Waals surface area contributed by atoms with E-state index >= 15 is 0 Å². The Balaban J connectivity index is 2.05. The summed E-state index contributed by atoms with van der Waals surface area (Å²) in [5.41, 5.74) is 18.1. The molecule has 3 unspecified atom stereocenters. The van der Waals surface area contributed by atoms with Gasteiger partial charge in [-0.2, -0.15) is 0 Å². The molecule has 1 aromatic heterocycles. The van der Waals surface area contributed by atoms with Gasteiger partial charge in [0.25, 0.3) is 0 Å². The van der Waals surface area contributed by atoms with Gasteiger partial charge in [0.15, 0.2) is 6.04 Å². The molecule has 0 fully saturated rings. The zero-order valence-electron chi connectivity index (χ0n) is 76.6. The highest BCUT2D eigenvalue weighted by atomic mass is 32.2. The van der Waals surface area contributed by atoms with Crippen LogP contribution in [0.15, 0.2) is 54.7 Å². The van der Waals surface area contributed by atoms with Crippen LogP contribution in [0.2, 0.25) is 0 Å². The molecule has 2 aromatic carbocycles. The lowest BCUT2D eigenvalue weighted by atomic mass is 10.0. The van der Waals surface area contributed by atoms with Crippen LogP contribution in [0.25, 0.3) is 10.9 Å². The van der Waals surface area contributed by atoms with Crippen molar-refractivity contribution in [3.63, 3.8) is 0 Å². The van der Waals surface area contributed by atoms with E-state index in [9.17, 15) is 166 Å². The smallest absolute Gasteiger partial charge is 0.328 e. The molecule has 0 aliphatic carbocycles. The number of aliphatic hydroxyl groups excluding tert-OH is 4. The highest BCUT2D eigenvalue weighted by molar-refractivity contribution is 7.99. The number of carbonyl (C=O) groups excluding carboxylic acids is 19. The number of thioether (sulfide) groups is 3. The number of phenols is 1. The third kappa shape index (κ3) is 44.6. The minimum absolute atomic E-state index is 0.204. The van der Waals surface area contributed by atoms with E-state index in [0.29, 0.717) is 28.2 Å². The number of aromatic hydroxyl groups is 1. The molecular weight excluding hydrogens is 1920 g/mol. The summed E-state index contributed by atoms with van der Waals surface area (Å²) in [5, 5.41) is 140. The second-order valence-electron chi connectivity index (χ2n) is 31.7. The first kappa shape index (κ1) is 120. The number of amides is 19. The van der Waals surface area contributed by atoms with E-state index < -0.39 is 339 Å². The number of hydrogen-bond donors (Lipinski definition) is 31. The maximum Gasteiger partial charge on any atom is 0.328 e. The molecule has 0 aliphatic heterocycles. The van der Waals surface area contributed by atoms with Gasteiger partial charge in [-0.1, -0.05) is 30.3 Å². The van der Waals surface area contributed by atoms with Crippen molar-refractivity contribution in [2.45, 2.75) is 241 Å². The average molecular weight is 2040 g/mol. The molecule has 0 saturated heterocycles. The van der Waals surface area contributed by atoms with Crippen molar-refractivity contribution in [1.29, 1.82) is 0 Å². The number of benzene rings is 2. The molecule has 19 atom stereocenters. The zero-order valence-corrected chi connectivity index (χ0v) is 79.1. The van der Waals surface area contributed by atoms with E-state index in [-0.39, 0.29) is 41.8 Å². The van der Waals surface area contributed by atoms with Crippen LogP contribution in [0, 0.1) is 0 Å². The van der Waals surface area contributed by atoms with Crippen LogP contribution in [0.1, 0.15) is 124 Å². The van der Waals surface area contributed by atoms with Crippen molar-refractivity contribution < 1.29 is 166 Å². The number of primary amides is 2. The Morgan fingerprint density at radius 3 is 1.01 bits per heavy atom. The Hall–Kier alpha value is -14.1. The minimum Gasteiger partial charge on any atom is -0.508 e. The summed E-state index contributed by atoms with van der Waals surface area (Å²) < 4.78 is 0. The molecule has 3 rings (SSSR count). The predicted molar refractivity (Wildman–Crippen MR) is 492 cm³/mol. The van der Waals surface area contributed by atoms with Gasteiger partial charge in [0.05, 0.1) is 60.9 Å². The van der Waals surface area contributed by atoms with Crippen molar-refractivity contribution in [2.24, 2.45) is 17.2 Å². The monoisotopic (exact) mass is 2040 g/mol. The van der Waals surface area contributed by atoms with E-state index in [0.717, 1.165) is 72.0 Å². The van der Waals surface area contributed by atoms with Crippen molar-refractivity contribution in [3.05, 3.63) is 65.9 Å². The highest BCUT2D eigenvalue weighted by Gasteiger charge is 2.42. The number of para-hydroxylation sites is 1. The van der Waals surface area contributed by atoms with Gasteiger partial charge in [0.1, 0.15) is 84.3 Å². The number of aliphatic carboxylic acids is 5. The number of aliphatic hydroxyl groups is 4. The number of phenolic OH excluding ortho intramolecular Hbond substituents is 1. The molecule has 0 radical (unpaired) electrons. The summed E-state index contributed by atoms with van der Waals surface area (Å²) in [6.07, 6.45) is -15.4. The van der Waals surface area contributed by atoms with Gasteiger partial charge >= 0.3 is 29.8 Å². The summed E-state index contributed by atoms with van der Waals surface area (Å²) in [7, 11) is 0. The Morgan fingerprint density at radius 1 is 0.336 bits per heavy atom. The second-order valence-corrected chi connectivity index (χ2v) is 34.8. The Bertz CT molecular complexity index is 4910. The van der Waals surface area contributed by atoms with Crippen LogP contribution < -0.4 is 108 Å². The van der Waals surface area contributed by atoms with Crippen molar-refractivity contribution in [2.75, 3.05) is 34.9 Å². The van der Waals surface area contributed by atoms with Crippen molar-refractivity contribution >= 4 is 188 Å². The standard InChI is InChI=1S/C82H119N21O34S3/c1-35(104)64(100-69(123)48(17-20-58(84)112)90-73(127)52(93-68(122)46(83)16-21-60(114)115)25-43-28-86-47-11-9-8-10-45(43)47)79(133)96-54(27-63(120)121)75(129)95-53(26-59(85)113)74(128)97-55(29-138-32-87-39(5)108)76(130)92-49(18-22-61(116)117)70(124)101-65(36(2)105)80(134)99-57(31-140-34-89-41(7)110)78(132)102-66(37(3)106)81(135)98-56(30-139-33-88-40(6)109)77(131)94-51(24-42-12-14-44(111)15-13-42)72(126)91-50(19-23-62(118)119)71(125)103-67(38(4)107)82(136)137/h8-15,28,35-38,46,48-57,64-67,86,104-107,111H,16-27,29-34,83H2,1-7H3,(H2,84,112)(H2,85,113)(H,87,108)(H,88,109)(H,89,110)(H,90,127)(H,91,126)(H,92,130)(H,93,122)(H,94,131)(H,95,129)(H,96,133)(H,97,128)(H,98,135)(H,99,134)(H,100,123)(H,101,124)(H,102,132)(H,103,125)(H,114,115)(H,116,117)(H,118,119)(H,120,121)(H,136,137)/t35?,36?,37?,38-,46+,48+,49+,50+,51+,52+,53+,54+,55+,56+,57+,64+,65+,66+,67+/m1/s1. The molecule has 774 valence electrons. The van der Waals surface area contributed by atoms with Gasteiger partial charge in [0.2, 0.25) is 112 Å². The average Bonchev–Trinajstić information content (AvgIpc) is 1.66. The van der Waals surface area contributed by atoms with E-state index in [4.69, 9.17) is 17.2 Å². The topological polar surface area (TPSA) is 910 Å². The van der Waals surface area contributed by atoms with Gasteiger partial charge < -0.3 is 164 Å². The SMILES string of the molecule is CC(=O)NCSC[C@H](NC(=O)[C@H](CC(N)=O)NC(=O)[C@H](CC(=O)O)NC(=O)[C@@H](NC(=O)[C@H](CCC(N)=O)NC(=O)[C@H](Cc1c[nH]c2ccccc12)NC(=O)[C@@H](N)CCC(=O)O)C(C)O)C(=O)N[C@@H](CCC(=O)O)C(=O)N[C@H](C(=O)N[C@@H](CSCNC(C)=O)C(=O)N[C@H](C(=O)N[C@@H](CSCNC(C)=O)C(=O)N[C@@H](Cc1ccc(O)cc1)C(=O)N[C@@H](CCC(=O)O)C(=O)N[C@H](C(=O)O)[C@@H](C)O)C(C)O)C(C)O. The number of hydrogen-bond acceptors (Lipinski definition) is 33. The van der Waals surface area contributed by atoms with Gasteiger partial charge in [0, 0.05) is 93.7 Å². The number of fused-ring (bicyclic) bond motifs is 1. The first-order valence-corrected chi connectivity index (χ1v) is 46.3. The van der Waals surface area contributed by atoms with E-state index in [1.54, 1.807) is 24.3 Å². The number of H-pyrrole nitrogens is 1. The van der Waals surface area contributed by atoms with Gasteiger partial charge in [-0.05, 0) is 82.7 Å². The minimum atomic E-state index is -2.37. The molecule has 19 amide bonds. The quantitative estimate of drug-likeness (QED) is 0.0184. The number of carboxylic acid groups (broad SMARTS) is 5. The third-order valence-corrected chi connectivity index (χ3v) is 22.7. The number of aromatic amines is 1. The molecule has 0 saturated carbocycles. The summed E-state index contributed by atoms with van der Waals surface area (Å²) in [6, 6.07) is -18.3. The molecule has 140 heavy (non-hydrogen) atoms. The Morgan fingerprint density at radius 2 is 0.643 bits per heavy atom. The third-order valence-electron chi connectivity index (χ3n) is 19.9. The summed E-state index contributed by atoms with van der Waals surface area (Å²) in [5.74, 6) is -34.5. The van der Waals surface area contributed by atoms with Crippen LogP contribution in [0.5, 0.6) is 5.75 Å². The number of nitrogens with two attached hydrogens (primary N) is 3. The maximum absolute atomic E-state index is 14.6. The highest BCUT2D eigenvalue weighted by Crippen LogP contribution is 2.22. The van der Waals surface area contributed by atoms with Gasteiger partial charge in [-0.25, -0.2) is 4.79 Å². The summed E-state index contributed by atoms with van der Waals surface area (Å²) >= 11 is 2.18. The van der Waals surface area contributed by atoms with Crippen LogP contribution in [0.4, 0.5) is 0 Å². The maximum atomic E-state index is 14.6. The van der Waals surface area contributed by atoms with Crippen LogP contribution in [-0.4, -0.2) is 348 Å². The van der Waals surface area contributed by atoms with Crippen LogP contribution in [0.3, 0.4) is 0 Å². The Labute approximate surface area is 810 Å². The molecular formula is C82H119N21O34S3. The summed E-state index contributed by atoms with van der Waals surface area (Å²) in [4.78, 5) is 324. The second kappa shape index (κ2) is 60.6. The number of carbonyl (C=O) groups is 24. The fraction of sp³-hybridized carbons (Fsp3) is 0.537. The molecule has 0 aliphatic rings. The number of carboxylic acids is 5. The lowest BCUT2D eigenvalue weighted by Gasteiger charge is -2.29. The van der Waals surface area contributed by atoms with E-state index in [1.165, 1.54) is 30.5 Å². The molecule has 0 spiro atoms. The first-order chi connectivity index (χ1) is 65.6. The fourth-order valence-electron chi connectivity index (χ4n) is 12.5. The van der Waals surface area contributed by atoms with Gasteiger partial charge in [-0.15, -0.1) is 35.3 Å². The Kier molecular flexibility index (Phi) is 52.0. The largest absolute Gasteiger partial charge is 0.508 e. The zero-order chi connectivity index (χ0) is 106. The number of nitrogens with one attached hydrogen (secondary N) is 18.